The van der Waals surface area contributed by atoms with E-state index >= 15 is 4.39 Å². The third kappa shape index (κ3) is 2.90. The van der Waals surface area contributed by atoms with Crippen LogP contribution in [0.5, 0.6) is 11.5 Å². The van der Waals surface area contributed by atoms with Gasteiger partial charge in [-0.25, -0.2) is 9.18 Å². The van der Waals surface area contributed by atoms with Crippen LogP contribution in [0.15, 0.2) is 33.9 Å². The molecule has 1 aliphatic carbocycles. The molecule has 2 heterocycles. The number of carbonyl (C=O) groups excluding carboxylic acids is 1. The molecule has 2 aromatic carbocycles. The fourth-order valence-electron chi connectivity index (χ4n) is 3.63. The van der Waals surface area contributed by atoms with Gasteiger partial charge < -0.3 is 15.8 Å². The predicted octanol–water partition coefficient (Wildman–Crippen LogP) is 2.72. The highest BCUT2D eigenvalue weighted by Crippen LogP contribution is 2.57. The van der Waals surface area contributed by atoms with Gasteiger partial charge in [0.15, 0.2) is 17.3 Å². The molecule has 5 rings (SSSR count). The number of rotatable bonds is 3. The molecule has 0 atom stereocenters. The van der Waals surface area contributed by atoms with E-state index in [4.69, 9.17) is 33.7 Å². The van der Waals surface area contributed by atoms with Gasteiger partial charge in [-0.1, -0.05) is 23.2 Å². The van der Waals surface area contributed by atoms with Crippen LogP contribution in [0.4, 0.5) is 15.9 Å². The molecule has 1 spiro atoms. The number of hydrogen-bond donors (Lipinski definition) is 3. The molecule has 1 aliphatic heterocycles. The second-order valence-electron chi connectivity index (χ2n) is 7.23. The summed E-state index contributed by atoms with van der Waals surface area (Å²) in [6.07, 6.45) is 1.12. The number of nitrogens with zero attached hydrogens (tertiary/aromatic N) is 2. The van der Waals surface area contributed by atoms with Gasteiger partial charge in [-0.3, -0.25) is 14.6 Å². The van der Waals surface area contributed by atoms with E-state index in [-0.39, 0.29) is 38.7 Å². The predicted molar refractivity (Wildman–Crippen MR) is 111 cm³/mol. The van der Waals surface area contributed by atoms with Crippen molar-refractivity contribution in [1.29, 1.82) is 0 Å². The molecule has 1 amide bonds. The van der Waals surface area contributed by atoms with Gasteiger partial charge in [0.05, 0.1) is 21.1 Å². The van der Waals surface area contributed by atoms with Crippen molar-refractivity contribution < 1.29 is 13.9 Å². The first kappa shape index (κ1) is 19.6. The van der Waals surface area contributed by atoms with Crippen molar-refractivity contribution in [2.75, 3.05) is 11.1 Å². The summed E-state index contributed by atoms with van der Waals surface area (Å²) in [5.41, 5.74) is 3.74. The number of H-pyrrole nitrogens is 1. The number of carbonyl (C=O) groups is 1. The molecule has 3 aromatic rings. The van der Waals surface area contributed by atoms with Crippen LogP contribution in [0, 0.1) is 5.82 Å². The number of fused-ring (bicyclic) bond motifs is 2. The lowest BCUT2D eigenvalue weighted by atomic mass is 9.97. The Morgan fingerprint density at radius 3 is 2.48 bits per heavy atom. The lowest BCUT2D eigenvalue weighted by molar-refractivity contribution is -0.117. The van der Waals surface area contributed by atoms with Crippen LogP contribution in [-0.4, -0.2) is 20.7 Å². The molecule has 1 aromatic heterocycles. The Kier molecular flexibility index (Phi) is 4.15. The summed E-state index contributed by atoms with van der Waals surface area (Å²) in [6.45, 7) is 0. The van der Waals surface area contributed by atoms with Crippen LogP contribution in [0.1, 0.15) is 18.4 Å². The summed E-state index contributed by atoms with van der Waals surface area (Å²) in [5.74, 6) is -1.53. The van der Waals surface area contributed by atoms with Crippen LogP contribution in [-0.2, 0) is 10.2 Å². The Bertz CT molecular complexity index is 1390. The molecule has 12 heteroatoms. The highest BCUT2D eigenvalue weighted by molar-refractivity contribution is 6.37. The van der Waals surface area contributed by atoms with Gasteiger partial charge in [0.2, 0.25) is 11.7 Å². The lowest BCUT2D eigenvalue weighted by Gasteiger charge is -2.15. The standard InChI is InChI=1S/C19H12Cl2FN5O4/c20-8-5-7(27-18(30)25-16(28)15(23)26-27)6-9(21)14(8)31-11-2-1-10-12(13(11)22)19(3-4-19)17(29)24-10/h1-2,5-6H,3-4H2,(H2,23,26)(H,24,29)(H,25,28,30). The fourth-order valence-corrected chi connectivity index (χ4v) is 4.18. The minimum atomic E-state index is -0.850. The third-order valence-corrected chi connectivity index (χ3v) is 5.87. The maximum absolute atomic E-state index is 15.2. The molecule has 0 saturated heterocycles. The number of aromatic amines is 1. The molecule has 9 nitrogen and oxygen atoms in total. The summed E-state index contributed by atoms with van der Waals surface area (Å²) < 4.78 is 21.7. The number of hydrogen-bond acceptors (Lipinski definition) is 6. The van der Waals surface area contributed by atoms with Crippen LogP contribution < -0.4 is 27.0 Å². The molecule has 158 valence electrons. The molecule has 1 saturated carbocycles. The molecular weight excluding hydrogens is 452 g/mol. The smallest absolute Gasteiger partial charge is 0.349 e. The number of anilines is 2. The van der Waals surface area contributed by atoms with Crippen LogP contribution in [0.25, 0.3) is 5.69 Å². The van der Waals surface area contributed by atoms with E-state index in [1.807, 2.05) is 4.98 Å². The first-order valence-electron chi connectivity index (χ1n) is 9.02. The quantitative estimate of drug-likeness (QED) is 0.546. The maximum Gasteiger partial charge on any atom is 0.349 e. The zero-order chi connectivity index (χ0) is 22.1. The third-order valence-electron chi connectivity index (χ3n) is 5.31. The van der Waals surface area contributed by atoms with Crippen molar-refractivity contribution in [1.82, 2.24) is 14.8 Å². The number of halogens is 3. The van der Waals surface area contributed by atoms with E-state index in [2.05, 4.69) is 10.4 Å². The number of ether oxygens (including phenoxy) is 1. The van der Waals surface area contributed by atoms with Crippen LogP contribution in [0.3, 0.4) is 0 Å². The van der Waals surface area contributed by atoms with Crippen molar-refractivity contribution in [2.24, 2.45) is 0 Å². The number of amides is 1. The molecule has 0 radical (unpaired) electrons. The number of benzene rings is 2. The van der Waals surface area contributed by atoms with Crippen LogP contribution in [0.2, 0.25) is 10.0 Å². The number of nitrogens with two attached hydrogens (primary N) is 1. The number of aromatic nitrogens is 3. The van der Waals surface area contributed by atoms with Crippen molar-refractivity contribution in [3.8, 4) is 17.2 Å². The van der Waals surface area contributed by atoms with Gasteiger partial charge in [0, 0.05) is 11.3 Å². The topological polar surface area (TPSA) is 132 Å². The van der Waals surface area contributed by atoms with E-state index in [0.717, 1.165) is 4.68 Å². The Hall–Kier alpha value is -3.37. The number of nitrogens with one attached hydrogen (secondary N) is 2. The number of nitrogen functional groups attached to an aromatic ring is 1. The average molecular weight is 464 g/mol. The molecular formula is C19H12Cl2FN5O4. The van der Waals surface area contributed by atoms with Gasteiger partial charge in [-0.15, -0.1) is 5.10 Å². The van der Waals surface area contributed by atoms with E-state index in [0.29, 0.717) is 18.5 Å². The summed E-state index contributed by atoms with van der Waals surface area (Å²) in [7, 11) is 0. The minimum absolute atomic E-state index is 0.0452. The lowest BCUT2D eigenvalue weighted by Crippen LogP contribution is -2.33. The second-order valence-corrected chi connectivity index (χ2v) is 8.05. The van der Waals surface area contributed by atoms with Crippen molar-refractivity contribution in [3.63, 3.8) is 0 Å². The highest BCUT2D eigenvalue weighted by atomic mass is 35.5. The van der Waals surface area contributed by atoms with Gasteiger partial charge in [0.1, 0.15) is 0 Å². The first-order valence-corrected chi connectivity index (χ1v) is 9.78. The summed E-state index contributed by atoms with van der Waals surface area (Å²) >= 11 is 12.5. The van der Waals surface area contributed by atoms with E-state index < -0.39 is 28.3 Å². The van der Waals surface area contributed by atoms with Crippen molar-refractivity contribution in [2.45, 2.75) is 18.3 Å². The molecule has 2 aliphatic rings. The molecule has 31 heavy (non-hydrogen) atoms. The highest BCUT2D eigenvalue weighted by Gasteiger charge is 2.58. The molecule has 0 bridgehead atoms. The Labute approximate surface area is 182 Å². The van der Waals surface area contributed by atoms with Gasteiger partial charge in [0.25, 0.3) is 5.56 Å². The van der Waals surface area contributed by atoms with Crippen molar-refractivity contribution >= 4 is 40.6 Å². The molecule has 1 fully saturated rings. The second kappa shape index (κ2) is 6.56. The SMILES string of the molecule is Nc1nn(-c2cc(Cl)c(Oc3ccc4c(c3F)C3(CC3)C(=O)N4)c(Cl)c2)c(=O)[nH]c1=O. The first-order chi connectivity index (χ1) is 14.7. The summed E-state index contributed by atoms with van der Waals surface area (Å²) in [6, 6.07) is 5.52. The van der Waals surface area contributed by atoms with Crippen LogP contribution >= 0.6 is 23.2 Å². The summed E-state index contributed by atoms with van der Waals surface area (Å²) in [5, 5.41) is 6.30. The largest absolute Gasteiger partial charge is 0.451 e. The monoisotopic (exact) mass is 463 g/mol. The molecule has 4 N–H and O–H groups in total. The minimum Gasteiger partial charge on any atom is -0.451 e. The van der Waals surface area contributed by atoms with E-state index in [1.165, 1.54) is 18.2 Å². The zero-order valence-corrected chi connectivity index (χ0v) is 17.0. The normalized spacial score (nSPS) is 15.6. The fraction of sp³-hybridized carbons (Fsp3) is 0.158. The van der Waals surface area contributed by atoms with Crippen molar-refractivity contribution in [3.05, 3.63) is 66.5 Å². The average Bonchev–Trinajstić information content (AvgIpc) is 3.45. The zero-order valence-electron chi connectivity index (χ0n) is 15.5. The van der Waals surface area contributed by atoms with E-state index in [1.54, 1.807) is 6.07 Å². The van der Waals surface area contributed by atoms with Gasteiger partial charge in [-0.2, -0.15) is 4.68 Å². The maximum atomic E-state index is 15.2. The Morgan fingerprint density at radius 2 is 1.84 bits per heavy atom. The van der Waals surface area contributed by atoms with Gasteiger partial charge >= 0.3 is 5.69 Å². The van der Waals surface area contributed by atoms with Gasteiger partial charge in [-0.05, 0) is 37.1 Å². The Morgan fingerprint density at radius 1 is 1.16 bits per heavy atom. The van der Waals surface area contributed by atoms with E-state index in [9.17, 15) is 14.4 Å². The summed E-state index contributed by atoms with van der Waals surface area (Å²) in [4.78, 5) is 37.6. The molecule has 0 unspecified atom stereocenters. The Balaban J connectivity index is 1.55.